The Kier molecular flexibility index (Phi) is 4.25. The fraction of sp³-hybridized carbons (Fsp3) is 0.600. The van der Waals surface area contributed by atoms with Gasteiger partial charge in [-0.3, -0.25) is 4.90 Å². The van der Waals surface area contributed by atoms with Crippen molar-refractivity contribution in [2.45, 2.75) is 32.4 Å². The third-order valence-corrected chi connectivity index (χ3v) is 4.18. The minimum Gasteiger partial charge on any atom is -0.496 e. The maximum absolute atomic E-state index is 6.18. The third-order valence-electron chi connectivity index (χ3n) is 4.18. The van der Waals surface area contributed by atoms with Gasteiger partial charge in [-0.25, -0.2) is 0 Å². The molecule has 0 amide bonds. The number of ether oxygens (including phenoxy) is 1. The molecule has 3 atom stereocenters. The van der Waals surface area contributed by atoms with Crippen LogP contribution in [0.15, 0.2) is 24.3 Å². The predicted molar refractivity (Wildman–Crippen MR) is 74.7 cm³/mol. The van der Waals surface area contributed by atoms with Gasteiger partial charge in [-0.15, -0.1) is 0 Å². The minimum absolute atomic E-state index is 0.288. The SMILES string of the molecule is COc1ccccc1C(C)N1CCC(C)C(N)C1. The number of benzene rings is 1. The summed E-state index contributed by atoms with van der Waals surface area (Å²) in [6.45, 7) is 6.57. The quantitative estimate of drug-likeness (QED) is 0.893. The molecule has 0 spiro atoms. The summed E-state index contributed by atoms with van der Waals surface area (Å²) in [5.74, 6) is 1.60. The highest BCUT2D eigenvalue weighted by Gasteiger charge is 2.27. The lowest BCUT2D eigenvalue weighted by molar-refractivity contribution is 0.127. The number of rotatable bonds is 3. The molecule has 1 fully saturated rings. The summed E-state index contributed by atoms with van der Waals surface area (Å²) < 4.78 is 5.45. The summed E-state index contributed by atoms with van der Waals surface area (Å²) in [6.07, 6.45) is 1.18. The van der Waals surface area contributed by atoms with Crippen molar-refractivity contribution in [3.63, 3.8) is 0 Å². The van der Waals surface area contributed by atoms with Crippen LogP contribution in [0.25, 0.3) is 0 Å². The fourth-order valence-electron chi connectivity index (χ4n) is 2.69. The number of methoxy groups -OCH3 is 1. The van der Waals surface area contributed by atoms with Crippen LogP contribution in [0.5, 0.6) is 5.75 Å². The van der Waals surface area contributed by atoms with E-state index in [0.717, 1.165) is 18.8 Å². The van der Waals surface area contributed by atoms with Crippen molar-refractivity contribution in [1.82, 2.24) is 4.90 Å². The van der Waals surface area contributed by atoms with E-state index >= 15 is 0 Å². The van der Waals surface area contributed by atoms with Crippen molar-refractivity contribution in [3.05, 3.63) is 29.8 Å². The largest absolute Gasteiger partial charge is 0.496 e. The molecule has 1 aromatic rings. The average molecular weight is 248 g/mol. The zero-order valence-corrected chi connectivity index (χ0v) is 11.6. The van der Waals surface area contributed by atoms with Gasteiger partial charge in [-0.2, -0.15) is 0 Å². The first-order valence-corrected chi connectivity index (χ1v) is 6.76. The van der Waals surface area contributed by atoms with E-state index in [4.69, 9.17) is 10.5 Å². The molecule has 3 heteroatoms. The molecule has 100 valence electrons. The molecule has 3 unspecified atom stereocenters. The zero-order valence-electron chi connectivity index (χ0n) is 11.6. The Balaban J connectivity index is 2.13. The van der Waals surface area contributed by atoms with Gasteiger partial charge >= 0.3 is 0 Å². The topological polar surface area (TPSA) is 38.5 Å². The van der Waals surface area contributed by atoms with E-state index in [0.29, 0.717) is 12.0 Å². The Morgan fingerprint density at radius 2 is 2.11 bits per heavy atom. The molecule has 2 rings (SSSR count). The number of hydrogen-bond acceptors (Lipinski definition) is 3. The zero-order chi connectivity index (χ0) is 13.1. The first-order valence-electron chi connectivity index (χ1n) is 6.76. The highest BCUT2D eigenvalue weighted by molar-refractivity contribution is 5.35. The van der Waals surface area contributed by atoms with Crippen LogP contribution in [0, 0.1) is 5.92 Å². The molecule has 1 heterocycles. The molecule has 1 saturated heterocycles. The first-order chi connectivity index (χ1) is 8.63. The summed E-state index contributed by atoms with van der Waals surface area (Å²) in [7, 11) is 1.73. The van der Waals surface area contributed by atoms with Crippen LogP contribution in [0.3, 0.4) is 0 Å². The van der Waals surface area contributed by atoms with Gasteiger partial charge in [-0.05, 0) is 31.9 Å². The van der Waals surface area contributed by atoms with Crippen LogP contribution in [0.4, 0.5) is 0 Å². The number of nitrogens with zero attached hydrogens (tertiary/aromatic N) is 1. The third kappa shape index (κ3) is 2.68. The highest BCUT2D eigenvalue weighted by Crippen LogP contribution is 2.31. The van der Waals surface area contributed by atoms with E-state index in [1.165, 1.54) is 12.0 Å². The minimum atomic E-state index is 0.288. The van der Waals surface area contributed by atoms with Crippen LogP contribution in [-0.4, -0.2) is 31.1 Å². The maximum Gasteiger partial charge on any atom is 0.123 e. The molecule has 1 aromatic carbocycles. The summed E-state index contributed by atoms with van der Waals surface area (Å²) in [5.41, 5.74) is 7.43. The molecular weight excluding hydrogens is 224 g/mol. The maximum atomic E-state index is 6.18. The molecular formula is C15H24N2O. The van der Waals surface area contributed by atoms with Crippen molar-refractivity contribution in [3.8, 4) is 5.75 Å². The van der Waals surface area contributed by atoms with Crippen LogP contribution >= 0.6 is 0 Å². The second kappa shape index (κ2) is 5.72. The molecule has 0 radical (unpaired) electrons. The Hall–Kier alpha value is -1.06. The summed E-state index contributed by atoms with van der Waals surface area (Å²) in [5, 5.41) is 0. The van der Waals surface area contributed by atoms with Gasteiger partial charge in [-0.1, -0.05) is 25.1 Å². The van der Waals surface area contributed by atoms with Gasteiger partial charge in [0.2, 0.25) is 0 Å². The number of nitrogens with two attached hydrogens (primary N) is 1. The summed E-state index contributed by atoms with van der Waals surface area (Å²) in [6, 6.07) is 8.90. The van der Waals surface area contributed by atoms with Crippen molar-refractivity contribution >= 4 is 0 Å². The molecule has 0 aromatic heterocycles. The normalized spacial score (nSPS) is 26.9. The van der Waals surface area contributed by atoms with E-state index < -0.39 is 0 Å². The smallest absolute Gasteiger partial charge is 0.123 e. The number of likely N-dealkylation sites (tertiary alicyclic amines) is 1. The van der Waals surface area contributed by atoms with Crippen molar-refractivity contribution in [1.29, 1.82) is 0 Å². The Labute approximate surface area is 110 Å². The van der Waals surface area contributed by atoms with E-state index in [1.807, 2.05) is 12.1 Å². The lowest BCUT2D eigenvalue weighted by atomic mass is 9.92. The number of piperidine rings is 1. The van der Waals surface area contributed by atoms with E-state index in [1.54, 1.807) is 7.11 Å². The predicted octanol–water partition coefficient (Wildman–Crippen LogP) is 2.43. The summed E-state index contributed by atoms with van der Waals surface area (Å²) >= 11 is 0. The second-order valence-corrected chi connectivity index (χ2v) is 5.34. The molecule has 1 aliphatic heterocycles. The second-order valence-electron chi connectivity index (χ2n) is 5.34. The standard InChI is InChI=1S/C15H24N2O/c1-11-8-9-17(10-14(11)16)12(2)13-6-4-5-7-15(13)18-3/h4-7,11-12,14H,8-10,16H2,1-3H3. The summed E-state index contributed by atoms with van der Waals surface area (Å²) in [4.78, 5) is 2.46. The number of hydrogen-bond donors (Lipinski definition) is 1. The van der Waals surface area contributed by atoms with E-state index in [-0.39, 0.29) is 6.04 Å². The first kappa shape index (κ1) is 13.4. The lowest BCUT2D eigenvalue weighted by Crippen LogP contribution is -2.48. The molecule has 2 N–H and O–H groups in total. The lowest BCUT2D eigenvalue weighted by Gasteiger charge is -2.39. The van der Waals surface area contributed by atoms with Gasteiger partial charge in [0.15, 0.2) is 0 Å². The van der Waals surface area contributed by atoms with Gasteiger partial charge < -0.3 is 10.5 Å². The fourth-order valence-corrected chi connectivity index (χ4v) is 2.69. The average Bonchev–Trinajstić information content (AvgIpc) is 2.41. The Morgan fingerprint density at radius 1 is 1.39 bits per heavy atom. The van der Waals surface area contributed by atoms with Crippen LogP contribution in [0.2, 0.25) is 0 Å². The molecule has 0 aliphatic carbocycles. The molecule has 3 nitrogen and oxygen atoms in total. The molecule has 1 aliphatic rings. The molecule has 0 bridgehead atoms. The Morgan fingerprint density at radius 3 is 2.78 bits per heavy atom. The number of para-hydroxylation sites is 1. The van der Waals surface area contributed by atoms with Crippen molar-refractivity contribution in [2.75, 3.05) is 20.2 Å². The van der Waals surface area contributed by atoms with Crippen molar-refractivity contribution in [2.24, 2.45) is 11.7 Å². The van der Waals surface area contributed by atoms with E-state index in [9.17, 15) is 0 Å². The van der Waals surface area contributed by atoms with Gasteiger partial charge in [0.05, 0.1) is 7.11 Å². The monoisotopic (exact) mass is 248 g/mol. The van der Waals surface area contributed by atoms with Gasteiger partial charge in [0.1, 0.15) is 5.75 Å². The van der Waals surface area contributed by atoms with Crippen molar-refractivity contribution < 1.29 is 4.74 Å². The van der Waals surface area contributed by atoms with Crippen LogP contribution in [-0.2, 0) is 0 Å². The van der Waals surface area contributed by atoms with Crippen LogP contribution in [0.1, 0.15) is 31.9 Å². The van der Waals surface area contributed by atoms with Gasteiger partial charge in [0.25, 0.3) is 0 Å². The van der Waals surface area contributed by atoms with Gasteiger partial charge in [0, 0.05) is 24.2 Å². The van der Waals surface area contributed by atoms with Crippen LogP contribution < -0.4 is 10.5 Å². The van der Waals surface area contributed by atoms with E-state index in [2.05, 4.69) is 30.9 Å². The Bertz CT molecular complexity index is 394. The molecule has 18 heavy (non-hydrogen) atoms. The molecule has 0 saturated carbocycles. The highest BCUT2D eigenvalue weighted by atomic mass is 16.5.